The summed E-state index contributed by atoms with van der Waals surface area (Å²) in [6.45, 7) is 14.3. The SMILES string of the molecule is CC(C)c1cc(C(=O)N2CC[C@@H](N3CCN(C)CC3)C2)c(O)c(C(C)C)c1. The van der Waals surface area contributed by atoms with E-state index in [0.29, 0.717) is 17.5 Å². The van der Waals surface area contributed by atoms with Gasteiger partial charge in [0, 0.05) is 45.3 Å². The van der Waals surface area contributed by atoms with Crippen LogP contribution in [0.5, 0.6) is 5.75 Å². The van der Waals surface area contributed by atoms with Gasteiger partial charge in [0.15, 0.2) is 0 Å². The Bertz CT molecular complexity index is 678. The quantitative estimate of drug-likeness (QED) is 0.881. The van der Waals surface area contributed by atoms with Crippen molar-refractivity contribution in [3.8, 4) is 5.75 Å². The molecule has 2 aliphatic rings. The molecule has 5 heteroatoms. The van der Waals surface area contributed by atoms with Crippen LogP contribution in [0.4, 0.5) is 0 Å². The zero-order chi connectivity index (χ0) is 19.7. The molecule has 5 nitrogen and oxygen atoms in total. The van der Waals surface area contributed by atoms with E-state index in [1.54, 1.807) is 0 Å². The monoisotopic (exact) mass is 373 g/mol. The van der Waals surface area contributed by atoms with E-state index in [0.717, 1.165) is 56.8 Å². The lowest BCUT2D eigenvalue weighted by Crippen LogP contribution is -2.50. The number of carbonyl (C=O) groups is 1. The van der Waals surface area contributed by atoms with E-state index in [-0.39, 0.29) is 17.6 Å². The minimum atomic E-state index is -0.0199. The van der Waals surface area contributed by atoms with Crippen molar-refractivity contribution < 1.29 is 9.90 Å². The Morgan fingerprint density at radius 3 is 2.30 bits per heavy atom. The molecule has 2 heterocycles. The van der Waals surface area contributed by atoms with Crippen LogP contribution in [0.2, 0.25) is 0 Å². The van der Waals surface area contributed by atoms with Gasteiger partial charge in [0.25, 0.3) is 5.91 Å². The second-order valence-corrected chi connectivity index (χ2v) is 8.85. The highest BCUT2D eigenvalue weighted by atomic mass is 16.3. The molecule has 0 unspecified atom stereocenters. The predicted molar refractivity (Wildman–Crippen MR) is 110 cm³/mol. The largest absolute Gasteiger partial charge is 0.507 e. The minimum Gasteiger partial charge on any atom is -0.507 e. The number of amides is 1. The van der Waals surface area contributed by atoms with Gasteiger partial charge < -0.3 is 14.9 Å². The molecule has 0 radical (unpaired) electrons. The number of likely N-dealkylation sites (tertiary alicyclic amines) is 1. The highest BCUT2D eigenvalue weighted by Crippen LogP contribution is 2.34. The van der Waals surface area contributed by atoms with E-state index < -0.39 is 0 Å². The van der Waals surface area contributed by atoms with Gasteiger partial charge in [-0.1, -0.05) is 33.8 Å². The van der Waals surface area contributed by atoms with E-state index in [9.17, 15) is 9.90 Å². The highest BCUT2D eigenvalue weighted by Gasteiger charge is 2.33. The number of phenolic OH excluding ortho intramolecular Hbond substituents is 1. The van der Waals surface area contributed by atoms with Crippen molar-refractivity contribution in [2.24, 2.45) is 0 Å². The Morgan fingerprint density at radius 2 is 1.70 bits per heavy atom. The third-order valence-electron chi connectivity index (χ3n) is 6.19. The minimum absolute atomic E-state index is 0.0199. The summed E-state index contributed by atoms with van der Waals surface area (Å²) in [5.41, 5.74) is 2.47. The molecular formula is C22H35N3O2. The summed E-state index contributed by atoms with van der Waals surface area (Å²) in [6, 6.07) is 4.40. The molecular weight excluding hydrogens is 338 g/mol. The van der Waals surface area contributed by atoms with E-state index in [2.05, 4.69) is 50.6 Å². The molecule has 3 rings (SSSR count). The maximum atomic E-state index is 13.2. The van der Waals surface area contributed by atoms with E-state index in [4.69, 9.17) is 0 Å². The molecule has 2 aliphatic heterocycles. The summed E-state index contributed by atoms with van der Waals surface area (Å²) in [5, 5.41) is 10.8. The van der Waals surface area contributed by atoms with Crippen molar-refractivity contribution >= 4 is 5.91 Å². The second kappa shape index (κ2) is 8.19. The fourth-order valence-electron chi connectivity index (χ4n) is 4.20. The van der Waals surface area contributed by atoms with Crippen LogP contribution in [0.25, 0.3) is 0 Å². The van der Waals surface area contributed by atoms with E-state index in [1.165, 1.54) is 0 Å². The lowest BCUT2D eigenvalue weighted by Gasteiger charge is -2.36. The van der Waals surface area contributed by atoms with Gasteiger partial charge in [-0.3, -0.25) is 9.69 Å². The van der Waals surface area contributed by atoms with E-state index in [1.807, 2.05) is 11.0 Å². The average molecular weight is 374 g/mol. The summed E-state index contributed by atoms with van der Waals surface area (Å²) >= 11 is 0. The van der Waals surface area contributed by atoms with Crippen LogP contribution in [-0.4, -0.2) is 78.1 Å². The zero-order valence-electron chi connectivity index (χ0n) is 17.5. The standard InChI is InChI=1S/C22H35N3O2/c1-15(2)17-12-19(16(3)4)21(26)20(13-17)22(27)25-7-6-18(14-25)24-10-8-23(5)9-11-24/h12-13,15-16,18,26H,6-11,14H2,1-5H3/t18-/m1/s1. The fraction of sp³-hybridized carbons (Fsp3) is 0.682. The number of carbonyl (C=O) groups excluding carboxylic acids is 1. The van der Waals surface area contributed by atoms with Gasteiger partial charge in [-0.15, -0.1) is 0 Å². The van der Waals surface area contributed by atoms with Gasteiger partial charge in [0.05, 0.1) is 5.56 Å². The van der Waals surface area contributed by atoms with Gasteiger partial charge >= 0.3 is 0 Å². The molecule has 2 fully saturated rings. The number of aromatic hydroxyl groups is 1. The number of benzene rings is 1. The second-order valence-electron chi connectivity index (χ2n) is 8.85. The summed E-state index contributed by atoms with van der Waals surface area (Å²) < 4.78 is 0. The molecule has 0 saturated carbocycles. The lowest BCUT2D eigenvalue weighted by molar-refractivity contribution is 0.0752. The Balaban J connectivity index is 1.78. The van der Waals surface area contributed by atoms with Crippen LogP contribution in [-0.2, 0) is 0 Å². The molecule has 150 valence electrons. The molecule has 0 spiro atoms. The number of hydrogen-bond donors (Lipinski definition) is 1. The summed E-state index contributed by atoms with van der Waals surface area (Å²) in [5.74, 6) is 0.661. The molecule has 27 heavy (non-hydrogen) atoms. The van der Waals surface area contributed by atoms with Crippen LogP contribution < -0.4 is 0 Å². The first-order valence-corrected chi connectivity index (χ1v) is 10.4. The fourth-order valence-corrected chi connectivity index (χ4v) is 4.20. The van der Waals surface area contributed by atoms with Crippen LogP contribution in [0, 0.1) is 0 Å². The van der Waals surface area contributed by atoms with Crippen LogP contribution in [0.3, 0.4) is 0 Å². The molecule has 1 N–H and O–H groups in total. The summed E-state index contributed by atoms with van der Waals surface area (Å²) in [7, 11) is 2.17. The molecule has 1 aromatic rings. The first-order valence-electron chi connectivity index (χ1n) is 10.4. The summed E-state index contributed by atoms with van der Waals surface area (Å²) in [6.07, 6.45) is 1.02. The van der Waals surface area contributed by atoms with Gasteiger partial charge in [0.2, 0.25) is 0 Å². The number of piperazine rings is 1. The molecule has 1 amide bonds. The Labute approximate surface area is 163 Å². The van der Waals surface area contributed by atoms with Crippen LogP contribution in [0.15, 0.2) is 12.1 Å². The molecule has 1 aromatic carbocycles. The third kappa shape index (κ3) is 4.30. The molecule has 0 aliphatic carbocycles. The summed E-state index contributed by atoms with van der Waals surface area (Å²) in [4.78, 5) is 20.1. The first-order chi connectivity index (χ1) is 12.8. The highest BCUT2D eigenvalue weighted by molar-refractivity contribution is 5.97. The topological polar surface area (TPSA) is 47.0 Å². The molecule has 0 aromatic heterocycles. The number of likely N-dealkylation sites (N-methyl/N-ethyl adjacent to an activating group) is 1. The third-order valence-corrected chi connectivity index (χ3v) is 6.19. The van der Waals surface area contributed by atoms with Crippen molar-refractivity contribution in [1.82, 2.24) is 14.7 Å². The average Bonchev–Trinajstić information content (AvgIpc) is 3.11. The van der Waals surface area contributed by atoms with Crippen molar-refractivity contribution in [1.29, 1.82) is 0 Å². The smallest absolute Gasteiger partial charge is 0.257 e. The molecule has 1 atom stereocenters. The van der Waals surface area contributed by atoms with Gasteiger partial charge in [-0.05, 0) is 42.5 Å². The number of rotatable bonds is 4. The Kier molecular flexibility index (Phi) is 6.11. The number of phenols is 1. The molecule has 2 saturated heterocycles. The normalized spacial score (nSPS) is 22.2. The number of hydrogen-bond acceptors (Lipinski definition) is 4. The van der Waals surface area contributed by atoms with Crippen molar-refractivity contribution in [2.45, 2.75) is 52.0 Å². The van der Waals surface area contributed by atoms with E-state index >= 15 is 0 Å². The molecule has 0 bridgehead atoms. The van der Waals surface area contributed by atoms with Gasteiger partial charge in [-0.2, -0.15) is 0 Å². The van der Waals surface area contributed by atoms with Gasteiger partial charge in [0.1, 0.15) is 5.75 Å². The first kappa shape index (κ1) is 20.2. The van der Waals surface area contributed by atoms with Crippen molar-refractivity contribution in [3.05, 3.63) is 28.8 Å². The maximum absolute atomic E-state index is 13.2. The van der Waals surface area contributed by atoms with Crippen LogP contribution in [0.1, 0.15) is 67.4 Å². The number of nitrogens with zero attached hydrogens (tertiary/aromatic N) is 3. The lowest BCUT2D eigenvalue weighted by atomic mass is 9.91. The predicted octanol–water partition coefficient (Wildman–Crippen LogP) is 3.10. The van der Waals surface area contributed by atoms with Crippen molar-refractivity contribution in [2.75, 3.05) is 46.3 Å². The van der Waals surface area contributed by atoms with Crippen molar-refractivity contribution in [3.63, 3.8) is 0 Å². The Morgan fingerprint density at radius 1 is 1.04 bits per heavy atom. The zero-order valence-corrected chi connectivity index (χ0v) is 17.5. The Hall–Kier alpha value is -1.59. The van der Waals surface area contributed by atoms with Gasteiger partial charge in [-0.25, -0.2) is 0 Å². The maximum Gasteiger partial charge on any atom is 0.257 e. The van der Waals surface area contributed by atoms with Crippen LogP contribution >= 0.6 is 0 Å².